The number of aliphatic hydroxyl groups excluding tert-OH is 1. The molecule has 1 heterocycles. The van der Waals surface area contributed by atoms with Crippen LogP contribution in [0.4, 0.5) is 0 Å². The molecule has 2 aromatic rings. The fourth-order valence-electron chi connectivity index (χ4n) is 3.34. The lowest BCUT2D eigenvalue weighted by Gasteiger charge is -2.30. The molecule has 1 aliphatic rings. The number of hydrogen-bond donors (Lipinski definition) is 1. The van der Waals surface area contributed by atoms with Crippen LogP contribution in [0.1, 0.15) is 47.8 Å². The summed E-state index contributed by atoms with van der Waals surface area (Å²) in [5.41, 5.74) is 6.24. The van der Waals surface area contributed by atoms with Crippen molar-refractivity contribution in [2.75, 3.05) is 0 Å². The van der Waals surface area contributed by atoms with Crippen LogP contribution >= 0.6 is 0 Å². The van der Waals surface area contributed by atoms with Gasteiger partial charge in [-0.05, 0) is 30.4 Å². The van der Waals surface area contributed by atoms with Crippen LogP contribution in [-0.4, -0.2) is 14.9 Å². The van der Waals surface area contributed by atoms with Crippen LogP contribution in [0.15, 0.2) is 24.3 Å². The van der Waals surface area contributed by atoms with Gasteiger partial charge in [-0.2, -0.15) is 5.10 Å². The predicted octanol–water partition coefficient (Wildman–Crippen LogP) is 2.84. The summed E-state index contributed by atoms with van der Waals surface area (Å²) in [6.45, 7) is 5.28. The van der Waals surface area contributed by atoms with Gasteiger partial charge in [0.15, 0.2) is 0 Å². The minimum Gasteiger partial charge on any atom is -0.392 e. The van der Waals surface area contributed by atoms with Crippen molar-refractivity contribution >= 4 is 0 Å². The van der Waals surface area contributed by atoms with Crippen molar-refractivity contribution in [1.82, 2.24) is 9.78 Å². The smallest absolute Gasteiger partial charge is 0.0718 e. The van der Waals surface area contributed by atoms with Crippen molar-refractivity contribution in [3.63, 3.8) is 0 Å². The van der Waals surface area contributed by atoms with Gasteiger partial charge in [-0.1, -0.05) is 38.1 Å². The van der Waals surface area contributed by atoms with Gasteiger partial charge >= 0.3 is 0 Å². The molecule has 0 bridgehead atoms. The van der Waals surface area contributed by atoms with Gasteiger partial charge in [-0.3, -0.25) is 4.68 Å². The van der Waals surface area contributed by atoms with E-state index in [2.05, 4.69) is 42.8 Å². The molecule has 1 aromatic heterocycles. The van der Waals surface area contributed by atoms with Gasteiger partial charge in [-0.25, -0.2) is 0 Å². The van der Waals surface area contributed by atoms with Crippen LogP contribution in [0.5, 0.6) is 0 Å². The van der Waals surface area contributed by atoms with Crippen molar-refractivity contribution in [2.45, 2.75) is 52.2 Å². The molecule has 0 fully saturated rings. The summed E-state index contributed by atoms with van der Waals surface area (Å²) in [6, 6.07) is 8.67. The van der Waals surface area contributed by atoms with Crippen molar-refractivity contribution in [1.29, 1.82) is 0 Å². The van der Waals surface area contributed by atoms with Gasteiger partial charge in [0.05, 0.1) is 12.3 Å². The van der Waals surface area contributed by atoms with E-state index in [4.69, 9.17) is 5.10 Å². The highest BCUT2D eigenvalue weighted by Gasteiger charge is 2.27. The second kappa shape index (κ2) is 5.41. The first-order valence-electron chi connectivity index (χ1n) is 7.54. The summed E-state index contributed by atoms with van der Waals surface area (Å²) >= 11 is 0. The predicted molar refractivity (Wildman–Crippen MR) is 79.8 cm³/mol. The van der Waals surface area contributed by atoms with E-state index in [0.29, 0.717) is 5.92 Å². The standard InChI is InChI=1S/C17H22N2O/c1-3-16-15(11-20)17(4-2)19(18-16)10-13-9-12-7-5-6-8-14(12)13/h5-8,13,20H,3-4,9-11H2,1-2H3. The SMILES string of the molecule is CCc1nn(CC2Cc3ccccc32)c(CC)c1CO. The van der Waals surface area contributed by atoms with Gasteiger partial charge in [-0.15, -0.1) is 0 Å². The molecule has 0 amide bonds. The summed E-state index contributed by atoms with van der Waals surface area (Å²) in [5.74, 6) is 0.577. The average molecular weight is 270 g/mol. The number of hydrogen-bond acceptors (Lipinski definition) is 2. The van der Waals surface area contributed by atoms with Gasteiger partial charge in [0.1, 0.15) is 0 Å². The molecule has 20 heavy (non-hydrogen) atoms. The Labute approximate surface area is 120 Å². The zero-order chi connectivity index (χ0) is 14.1. The molecule has 1 atom stereocenters. The first-order chi connectivity index (χ1) is 9.78. The third-order valence-electron chi connectivity index (χ3n) is 4.43. The fraction of sp³-hybridized carbons (Fsp3) is 0.471. The number of rotatable bonds is 5. The van der Waals surface area contributed by atoms with Crippen LogP contribution in [0.25, 0.3) is 0 Å². The number of aromatic nitrogens is 2. The topological polar surface area (TPSA) is 38.0 Å². The molecule has 1 N–H and O–H groups in total. The Hall–Kier alpha value is -1.61. The third-order valence-corrected chi connectivity index (χ3v) is 4.43. The van der Waals surface area contributed by atoms with Crippen LogP contribution in [0.2, 0.25) is 0 Å². The van der Waals surface area contributed by atoms with Crippen molar-refractivity contribution in [3.05, 3.63) is 52.3 Å². The highest BCUT2D eigenvalue weighted by molar-refractivity contribution is 5.40. The van der Waals surface area contributed by atoms with E-state index in [1.54, 1.807) is 0 Å². The first kappa shape index (κ1) is 13.4. The van der Waals surface area contributed by atoms with E-state index in [1.807, 2.05) is 0 Å². The largest absolute Gasteiger partial charge is 0.392 e. The molecule has 106 valence electrons. The van der Waals surface area contributed by atoms with Crippen LogP contribution in [-0.2, 0) is 32.4 Å². The molecule has 3 heteroatoms. The zero-order valence-corrected chi connectivity index (χ0v) is 12.3. The second-order valence-electron chi connectivity index (χ2n) is 5.52. The molecule has 0 spiro atoms. The van der Waals surface area contributed by atoms with Crippen molar-refractivity contribution < 1.29 is 5.11 Å². The molecule has 3 nitrogen and oxygen atoms in total. The lowest BCUT2D eigenvalue weighted by atomic mass is 9.77. The maximum atomic E-state index is 9.58. The quantitative estimate of drug-likeness (QED) is 0.907. The Balaban J connectivity index is 1.87. The monoisotopic (exact) mass is 270 g/mol. The molecule has 0 saturated heterocycles. The molecule has 1 aromatic carbocycles. The molecule has 3 rings (SSSR count). The minimum atomic E-state index is 0.105. The highest BCUT2D eigenvalue weighted by Crippen LogP contribution is 2.36. The second-order valence-corrected chi connectivity index (χ2v) is 5.52. The number of nitrogens with zero attached hydrogens (tertiary/aromatic N) is 2. The molecular weight excluding hydrogens is 248 g/mol. The highest BCUT2D eigenvalue weighted by atomic mass is 16.3. The van der Waals surface area contributed by atoms with E-state index < -0.39 is 0 Å². The van der Waals surface area contributed by atoms with Crippen molar-refractivity contribution in [2.24, 2.45) is 0 Å². The Morgan fingerprint density at radius 2 is 2.05 bits per heavy atom. The summed E-state index contributed by atoms with van der Waals surface area (Å²) in [7, 11) is 0. The van der Waals surface area contributed by atoms with Crippen molar-refractivity contribution in [3.8, 4) is 0 Å². The number of aliphatic hydroxyl groups is 1. The van der Waals surface area contributed by atoms with Gasteiger partial charge in [0.2, 0.25) is 0 Å². The van der Waals surface area contributed by atoms with E-state index in [1.165, 1.54) is 16.8 Å². The summed E-state index contributed by atoms with van der Waals surface area (Å²) in [4.78, 5) is 0. The number of benzene rings is 1. The Morgan fingerprint density at radius 1 is 1.25 bits per heavy atom. The fourth-order valence-corrected chi connectivity index (χ4v) is 3.34. The van der Waals surface area contributed by atoms with Crippen LogP contribution in [0, 0.1) is 0 Å². The Morgan fingerprint density at radius 3 is 2.70 bits per heavy atom. The summed E-state index contributed by atoms with van der Waals surface area (Å²) < 4.78 is 2.13. The van der Waals surface area contributed by atoms with Gasteiger partial charge in [0.25, 0.3) is 0 Å². The van der Waals surface area contributed by atoms with Crippen LogP contribution in [0.3, 0.4) is 0 Å². The van der Waals surface area contributed by atoms with Gasteiger partial charge in [0, 0.05) is 23.7 Å². The Bertz CT molecular complexity index is 615. The van der Waals surface area contributed by atoms with Crippen LogP contribution < -0.4 is 0 Å². The number of fused-ring (bicyclic) bond motifs is 1. The maximum Gasteiger partial charge on any atom is 0.0718 e. The lowest BCUT2D eigenvalue weighted by Crippen LogP contribution is -2.23. The molecule has 1 unspecified atom stereocenters. The molecule has 0 saturated carbocycles. The normalized spacial score (nSPS) is 16.9. The van der Waals surface area contributed by atoms with E-state index in [0.717, 1.165) is 37.1 Å². The van der Waals surface area contributed by atoms with E-state index >= 15 is 0 Å². The first-order valence-corrected chi connectivity index (χ1v) is 7.54. The summed E-state index contributed by atoms with van der Waals surface area (Å²) in [5, 5.41) is 14.3. The third kappa shape index (κ3) is 2.06. The molecule has 1 aliphatic carbocycles. The average Bonchev–Trinajstić information content (AvgIpc) is 2.81. The zero-order valence-electron chi connectivity index (χ0n) is 12.3. The lowest BCUT2D eigenvalue weighted by molar-refractivity contribution is 0.279. The van der Waals surface area contributed by atoms with E-state index in [9.17, 15) is 5.11 Å². The number of aryl methyl sites for hydroxylation is 1. The van der Waals surface area contributed by atoms with E-state index in [-0.39, 0.29) is 6.61 Å². The molecule has 0 radical (unpaired) electrons. The molecule has 0 aliphatic heterocycles. The van der Waals surface area contributed by atoms with Gasteiger partial charge < -0.3 is 5.11 Å². The Kier molecular flexibility index (Phi) is 3.62. The summed E-state index contributed by atoms with van der Waals surface area (Å²) in [6.07, 6.45) is 2.96. The minimum absolute atomic E-state index is 0.105. The molecular formula is C17H22N2O. The maximum absolute atomic E-state index is 9.58.